The van der Waals surface area contributed by atoms with Crippen molar-refractivity contribution in [2.75, 3.05) is 118 Å². The van der Waals surface area contributed by atoms with E-state index in [0.29, 0.717) is 11.1 Å². The minimum Gasteiger partial charge on any atom is -0.387 e. The zero-order valence-electron chi connectivity index (χ0n) is 53.5. The lowest BCUT2D eigenvalue weighted by molar-refractivity contribution is -0.0842. The van der Waals surface area contributed by atoms with E-state index < -0.39 is 162 Å². The molecule has 40 nitrogen and oxygen atoms in total. The van der Waals surface area contributed by atoms with Crippen molar-refractivity contribution in [3.05, 3.63) is 89.7 Å². The number of nitrogen functional groups attached to an aromatic ring is 3. The molecule has 9 rings (SSSR count). The fourth-order valence-corrected chi connectivity index (χ4v) is 14.8. The van der Waals surface area contributed by atoms with E-state index in [4.69, 9.17) is 113 Å². The van der Waals surface area contributed by atoms with Crippen LogP contribution in [0, 0.1) is 20.8 Å². The van der Waals surface area contributed by atoms with Crippen molar-refractivity contribution in [2.24, 2.45) is 0 Å². The number of rotatable bonds is 35. The lowest BCUT2D eigenvalue weighted by atomic mass is 10.1. The van der Waals surface area contributed by atoms with Crippen LogP contribution in [0.15, 0.2) is 50.4 Å². The Hall–Kier alpha value is -4.99. The Morgan fingerprint density at radius 2 is 1.03 bits per heavy atom. The number of aryl methyl sites for hydroxylation is 3. The molecule has 4 aliphatic heterocycles. The van der Waals surface area contributed by atoms with Crippen LogP contribution in [0.4, 0.5) is 17.5 Å². The van der Waals surface area contributed by atoms with Crippen molar-refractivity contribution in [1.29, 1.82) is 0 Å². The molecule has 0 amide bonds. The predicted octanol–water partition coefficient (Wildman–Crippen LogP) is -0.781. The molecule has 9 heterocycles. The quantitative estimate of drug-likeness (QED) is 0.0140. The summed E-state index contributed by atoms with van der Waals surface area (Å²) in [5.74, 6) is -0.106. The van der Waals surface area contributed by atoms with Gasteiger partial charge in [-0.25, -0.2) is 38.5 Å². The summed E-state index contributed by atoms with van der Waals surface area (Å²) in [5.41, 5.74) is 15.6. The average Bonchev–Trinajstić information content (AvgIpc) is 1.65. The molecule has 0 aromatic carbocycles. The highest BCUT2D eigenvalue weighted by molar-refractivity contribution is 8.44. The number of nitrogens with one attached hydrogen (secondary N) is 1. The molecular formula is C52H78N13O27P3S2. The number of aliphatic hydroxyl groups excluding tert-OH is 1. The van der Waals surface area contributed by atoms with Gasteiger partial charge in [0, 0.05) is 63.7 Å². The molecule has 5 aromatic rings. The van der Waals surface area contributed by atoms with Crippen LogP contribution in [-0.4, -0.2) is 237 Å². The van der Waals surface area contributed by atoms with Gasteiger partial charge < -0.3 is 93.5 Å². The van der Waals surface area contributed by atoms with Gasteiger partial charge in [-0.15, -0.1) is 0 Å². The fraction of sp³-hybridized carbons (Fsp3) is 0.673. The van der Waals surface area contributed by atoms with Gasteiger partial charge >= 0.3 is 38.4 Å². The smallest absolute Gasteiger partial charge is 0.387 e. The number of H-pyrrole nitrogens is 1. The second kappa shape index (κ2) is 33.2. The van der Waals surface area contributed by atoms with Gasteiger partial charge in [0.2, 0.25) is 0 Å². The Morgan fingerprint density at radius 1 is 0.567 bits per heavy atom. The zero-order valence-corrected chi connectivity index (χ0v) is 57.9. The number of hydrogen-bond acceptors (Lipinski definition) is 34. The summed E-state index contributed by atoms with van der Waals surface area (Å²) in [6.07, 6.45) is -16.6. The Kier molecular flexibility index (Phi) is 26.1. The van der Waals surface area contributed by atoms with Crippen LogP contribution in [0.1, 0.15) is 48.5 Å². The van der Waals surface area contributed by atoms with Gasteiger partial charge in [0.05, 0.1) is 85.1 Å². The van der Waals surface area contributed by atoms with Gasteiger partial charge in [-0.2, -0.15) is 9.97 Å². The summed E-state index contributed by atoms with van der Waals surface area (Å²) in [6, 6.07) is 0. The number of hydrogen-bond donors (Lipinski definition) is 8. The number of phosphoric acid groups is 1. The first kappa shape index (κ1) is 76.2. The van der Waals surface area contributed by atoms with Crippen molar-refractivity contribution in [3.8, 4) is 0 Å². The molecule has 5 aromatic heterocycles. The van der Waals surface area contributed by atoms with Crippen LogP contribution in [0.2, 0.25) is 0 Å². The molecule has 4 aliphatic rings. The van der Waals surface area contributed by atoms with E-state index in [9.17, 15) is 43.2 Å². The number of aromatic amines is 1. The number of thiol groups is 1. The number of ether oxygens (including phenoxy) is 12. The number of methoxy groups -OCH3 is 4. The number of anilines is 3. The molecule has 0 radical (unpaired) electrons. The van der Waals surface area contributed by atoms with Gasteiger partial charge in [-0.3, -0.25) is 50.7 Å². The fourth-order valence-electron chi connectivity index (χ4n) is 10.8. The summed E-state index contributed by atoms with van der Waals surface area (Å²) in [4.78, 5) is 99.7. The first-order valence-corrected chi connectivity index (χ1v) is 36.5. The minimum atomic E-state index is -5.31. The van der Waals surface area contributed by atoms with E-state index in [-0.39, 0.29) is 87.0 Å². The van der Waals surface area contributed by atoms with Crippen molar-refractivity contribution in [2.45, 2.75) is 126 Å². The Morgan fingerprint density at radius 3 is 1.59 bits per heavy atom. The number of aliphatic hydroxyl groups is 1. The highest BCUT2D eigenvalue weighted by Gasteiger charge is 2.55. The number of imidazole rings is 1. The van der Waals surface area contributed by atoms with Crippen LogP contribution < -0.4 is 39.8 Å². The van der Waals surface area contributed by atoms with Gasteiger partial charge in [0.1, 0.15) is 90.6 Å². The molecule has 10 N–H and O–H groups in total. The molecule has 0 spiro atoms. The number of phosphoric ester groups is 1. The average molecular weight is 1470 g/mol. The van der Waals surface area contributed by atoms with Crippen molar-refractivity contribution < 1.29 is 108 Å². The Balaban J connectivity index is 0.998. The summed E-state index contributed by atoms with van der Waals surface area (Å²) < 4.78 is 140. The van der Waals surface area contributed by atoms with Crippen LogP contribution in [0.25, 0.3) is 11.2 Å². The van der Waals surface area contributed by atoms with Gasteiger partial charge in [0.15, 0.2) is 36.4 Å². The number of aromatic nitrogens is 10. The number of fused-ring (bicyclic) bond motifs is 1. The molecule has 97 heavy (non-hydrogen) atoms. The monoisotopic (exact) mass is 1470 g/mol. The van der Waals surface area contributed by atoms with Crippen molar-refractivity contribution >= 4 is 74.0 Å². The number of nitrogens with two attached hydrogens (primary N) is 3. The maximum atomic E-state index is 14.7. The SMILES string of the molecule is COCCOC1[C@@H](O)[C@@H](COP(=O)(S)O[C@@H]2C(OCCOC)[C@H](n3cc(C)c(=O)[nH]c3=O)O[C@@H]2COP(O)(=S)O[C@@H]2C(OCCOC)[C@H](n3cc(C)c(N)nc3=O)O[C@@H]2COP(=O)(O)O[C@@H]2C(OCCOC)[C@H](n3cnc4c(N)ncnc43)O[C@@H]2C)O[C@H]1n1cc(C)c(N)nc1=O. The van der Waals surface area contributed by atoms with E-state index in [1.54, 1.807) is 20.8 Å². The second-order valence-electron chi connectivity index (χ2n) is 22.3. The lowest BCUT2D eigenvalue weighted by Gasteiger charge is -2.30. The third-order valence-electron chi connectivity index (χ3n) is 15.6. The lowest BCUT2D eigenvalue weighted by Crippen LogP contribution is -2.41. The predicted molar refractivity (Wildman–Crippen MR) is 340 cm³/mol. The largest absolute Gasteiger partial charge is 0.472 e. The molecule has 0 aliphatic carbocycles. The van der Waals surface area contributed by atoms with Crippen molar-refractivity contribution in [3.63, 3.8) is 0 Å². The molecule has 4 saturated heterocycles. The van der Waals surface area contributed by atoms with Crippen LogP contribution in [0.5, 0.6) is 0 Å². The van der Waals surface area contributed by atoms with E-state index in [0.717, 1.165) is 19.9 Å². The molecule has 540 valence electrons. The third-order valence-corrected chi connectivity index (χ3v) is 19.8. The maximum Gasteiger partial charge on any atom is 0.472 e. The molecule has 7 unspecified atom stereocenters. The van der Waals surface area contributed by atoms with Crippen molar-refractivity contribution in [1.82, 2.24) is 48.2 Å². The topological polar surface area (TPSA) is 507 Å². The molecule has 0 saturated carbocycles. The zero-order chi connectivity index (χ0) is 70.3. The van der Waals surface area contributed by atoms with E-state index in [1.807, 2.05) is 0 Å². The minimum absolute atomic E-state index is 0.0336. The van der Waals surface area contributed by atoms with Gasteiger partial charge in [-0.1, -0.05) is 12.2 Å². The van der Waals surface area contributed by atoms with E-state index in [1.165, 1.54) is 65.0 Å². The second-order valence-corrected chi connectivity index (χ2v) is 29.4. The summed E-state index contributed by atoms with van der Waals surface area (Å²) >= 11 is 9.98. The Bertz CT molecular complexity index is 3910. The molecular weight excluding hydrogens is 1400 g/mol. The molecule has 19 atom stereocenters. The van der Waals surface area contributed by atoms with Crippen LogP contribution in [0.3, 0.4) is 0 Å². The van der Waals surface area contributed by atoms with Gasteiger partial charge in [-0.05, 0) is 39.5 Å². The van der Waals surface area contributed by atoms with Crippen LogP contribution >= 0.6 is 33.6 Å². The summed E-state index contributed by atoms with van der Waals surface area (Å²) in [7, 11) is 0.307. The highest BCUT2D eigenvalue weighted by atomic mass is 32.7. The molecule has 0 bridgehead atoms. The summed E-state index contributed by atoms with van der Waals surface area (Å²) in [5, 5.41) is 11.6. The standard InChI is InChI=1S/C52H78N13O27P3S2/c1-25-17-62(50(68)59-41(25)53)46-37(79-13-9-75-5)33(66)29(87-46)20-84-94(73,96)92-36-31(89-48(40(36)82-16-12-78-8)64-19-27(3)45(67)61-52(64)70)22-85-95(74,97)91-35-30(88-47(39(35)81-15-11-77-7)63-18-26(2)42(54)60-51(63)69)21-83-93(71,72)90-34-28(4)86-49(38(34)80-14-10-76-6)65-24-58-32-43(55)56-23-57-44(32)65/h17-19,23-24,28-31,33-40,46-49,66H,9-16,20-22H2,1-8H3,(H,71,72)(H,73,96)(H,74,97)(H2,53,59,68)(H2,54,60,69)(H2,55,56,57)(H,61,67,70)/t28-,29-,30-,31-,33+,34+,35+,36+,37?,38?,39?,40?,46-,47-,48-,49-,94?,95?/m1/s1. The van der Waals surface area contributed by atoms with E-state index in [2.05, 4.69) is 42.2 Å². The third kappa shape index (κ3) is 18.2. The Labute approximate surface area is 561 Å². The molecule has 4 fully saturated rings. The summed E-state index contributed by atoms with van der Waals surface area (Å²) in [6.45, 7) is -6.71. The van der Waals surface area contributed by atoms with E-state index >= 15 is 0 Å². The van der Waals surface area contributed by atoms with Gasteiger partial charge in [0.25, 0.3) is 5.56 Å². The normalized spacial score (nSPS) is 29.3. The maximum absolute atomic E-state index is 14.7. The number of nitrogens with zero attached hydrogens (tertiary/aromatic N) is 9. The molecule has 45 heteroatoms. The first-order chi connectivity index (χ1) is 46.1. The highest BCUT2D eigenvalue weighted by Crippen LogP contribution is 2.58. The van der Waals surface area contributed by atoms with Crippen LogP contribution in [-0.2, 0) is 105 Å². The first-order valence-electron chi connectivity index (χ1n) is 29.7.